The molecule has 0 fully saturated rings. The van der Waals surface area contributed by atoms with Gasteiger partial charge in [0.05, 0.1) is 0 Å². The molecular formula is C18H23NO. The topological polar surface area (TPSA) is 21.3 Å². The molecule has 2 heteroatoms. The van der Waals surface area contributed by atoms with Crippen LogP contribution in [0, 0.1) is 13.8 Å². The van der Waals surface area contributed by atoms with Gasteiger partial charge >= 0.3 is 0 Å². The summed E-state index contributed by atoms with van der Waals surface area (Å²) in [6.45, 7) is 7.02. The Labute approximate surface area is 121 Å². The van der Waals surface area contributed by atoms with E-state index in [9.17, 15) is 0 Å². The minimum atomic E-state index is 0.282. The van der Waals surface area contributed by atoms with Crippen LogP contribution >= 0.6 is 0 Å². The van der Waals surface area contributed by atoms with E-state index in [4.69, 9.17) is 4.74 Å². The summed E-state index contributed by atoms with van der Waals surface area (Å²) in [5, 5.41) is 3.26. The highest BCUT2D eigenvalue weighted by Crippen LogP contribution is 2.26. The number of rotatable bonds is 5. The van der Waals surface area contributed by atoms with Crippen molar-refractivity contribution in [2.75, 3.05) is 7.05 Å². The van der Waals surface area contributed by atoms with Crippen LogP contribution in [0.1, 0.15) is 35.2 Å². The van der Waals surface area contributed by atoms with Crippen LogP contribution in [-0.2, 0) is 6.61 Å². The van der Waals surface area contributed by atoms with Gasteiger partial charge in [-0.15, -0.1) is 0 Å². The zero-order valence-electron chi connectivity index (χ0n) is 12.7. The van der Waals surface area contributed by atoms with E-state index < -0.39 is 0 Å². The van der Waals surface area contributed by atoms with Gasteiger partial charge in [0.2, 0.25) is 0 Å². The van der Waals surface area contributed by atoms with Crippen LogP contribution in [0.15, 0.2) is 42.5 Å². The van der Waals surface area contributed by atoms with Crippen molar-refractivity contribution in [3.63, 3.8) is 0 Å². The van der Waals surface area contributed by atoms with Gasteiger partial charge in [-0.05, 0) is 50.6 Å². The van der Waals surface area contributed by atoms with E-state index >= 15 is 0 Å². The second-order valence-corrected chi connectivity index (χ2v) is 5.21. The summed E-state index contributed by atoms with van der Waals surface area (Å²) in [7, 11) is 1.97. The summed E-state index contributed by atoms with van der Waals surface area (Å²) >= 11 is 0. The van der Waals surface area contributed by atoms with Gasteiger partial charge in [-0.1, -0.05) is 36.4 Å². The van der Waals surface area contributed by atoms with Crippen LogP contribution in [-0.4, -0.2) is 7.05 Å². The third-order valence-electron chi connectivity index (χ3n) is 3.84. The second kappa shape index (κ2) is 6.58. The largest absolute Gasteiger partial charge is 0.489 e. The standard InChI is InChI=1S/C18H23NO/c1-13-8-7-9-14(2)17(13)12-20-18-11-6-5-10-16(18)15(3)19-4/h5-11,15,19H,12H2,1-4H3. The van der Waals surface area contributed by atoms with Crippen molar-refractivity contribution in [3.8, 4) is 5.75 Å². The molecule has 0 amide bonds. The van der Waals surface area contributed by atoms with E-state index in [1.807, 2.05) is 19.2 Å². The minimum absolute atomic E-state index is 0.282. The Bertz CT molecular complexity index is 557. The highest BCUT2D eigenvalue weighted by Gasteiger charge is 2.10. The summed E-state index contributed by atoms with van der Waals surface area (Å²) in [5.41, 5.74) is 5.04. The molecular weight excluding hydrogens is 246 g/mol. The molecule has 0 aliphatic heterocycles. The van der Waals surface area contributed by atoms with E-state index in [-0.39, 0.29) is 6.04 Å². The molecule has 2 rings (SSSR count). The maximum absolute atomic E-state index is 6.07. The lowest BCUT2D eigenvalue weighted by atomic mass is 10.0. The third kappa shape index (κ3) is 3.20. The highest BCUT2D eigenvalue weighted by atomic mass is 16.5. The first-order valence-electron chi connectivity index (χ1n) is 7.07. The molecule has 0 saturated heterocycles. The molecule has 0 radical (unpaired) electrons. The second-order valence-electron chi connectivity index (χ2n) is 5.21. The molecule has 20 heavy (non-hydrogen) atoms. The van der Waals surface area contributed by atoms with Crippen molar-refractivity contribution in [3.05, 3.63) is 64.7 Å². The van der Waals surface area contributed by atoms with E-state index in [0.717, 1.165) is 5.75 Å². The smallest absolute Gasteiger partial charge is 0.124 e. The highest BCUT2D eigenvalue weighted by molar-refractivity contribution is 5.37. The average molecular weight is 269 g/mol. The molecule has 106 valence electrons. The molecule has 0 aliphatic rings. The van der Waals surface area contributed by atoms with E-state index in [0.29, 0.717) is 6.61 Å². The van der Waals surface area contributed by atoms with Gasteiger partial charge in [0, 0.05) is 11.6 Å². The molecule has 2 nitrogen and oxygen atoms in total. The molecule has 1 N–H and O–H groups in total. The summed E-state index contributed by atoms with van der Waals surface area (Å²) in [4.78, 5) is 0. The summed E-state index contributed by atoms with van der Waals surface area (Å²) in [6, 6.07) is 14.9. The van der Waals surface area contributed by atoms with Crippen molar-refractivity contribution in [1.82, 2.24) is 5.32 Å². The number of aryl methyl sites for hydroxylation is 2. The summed E-state index contributed by atoms with van der Waals surface area (Å²) in [5.74, 6) is 0.956. The molecule has 2 aromatic carbocycles. The summed E-state index contributed by atoms with van der Waals surface area (Å²) in [6.07, 6.45) is 0. The Morgan fingerprint density at radius 2 is 1.65 bits per heavy atom. The van der Waals surface area contributed by atoms with E-state index in [2.05, 4.69) is 56.4 Å². The van der Waals surface area contributed by atoms with Crippen LogP contribution in [0.2, 0.25) is 0 Å². The molecule has 1 atom stereocenters. The number of para-hydroxylation sites is 1. The van der Waals surface area contributed by atoms with Gasteiger partial charge in [-0.3, -0.25) is 0 Å². The number of hydrogen-bond acceptors (Lipinski definition) is 2. The Balaban J connectivity index is 2.19. The monoisotopic (exact) mass is 269 g/mol. The SMILES string of the molecule is CNC(C)c1ccccc1OCc1c(C)cccc1C. The molecule has 0 heterocycles. The van der Waals surface area contributed by atoms with Crippen molar-refractivity contribution in [2.45, 2.75) is 33.4 Å². The van der Waals surface area contributed by atoms with Crippen molar-refractivity contribution in [1.29, 1.82) is 0 Å². The maximum Gasteiger partial charge on any atom is 0.124 e. The Hall–Kier alpha value is -1.80. The van der Waals surface area contributed by atoms with Gasteiger partial charge in [0.1, 0.15) is 12.4 Å². The number of benzene rings is 2. The van der Waals surface area contributed by atoms with E-state index in [1.54, 1.807) is 0 Å². The van der Waals surface area contributed by atoms with Crippen LogP contribution in [0.3, 0.4) is 0 Å². The lowest BCUT2D eigenvalue weighted by Gasteiger charge is -2.17. The quantitative estimate of drug-likeness (QED) is 0.880. The van der Waals surface area contributed by atoms with Crippen LogP contribution < -0.4 is 10.1 Å². The third-order valence-corrected chi connectivity index (χ3v) is 3.84. The first kappa shape index (κ1) is 14.6. The fourth-order valence-corrected chi connectivity index (χ4v) is 2.35. The van der Waals surface area contributed by atoms with Crippen LogP contribution in [0.25, 0.3) is 0 Å². The molecule has 0 aromatic heterocycles. The number of hydrogen-bond donors (Lipinski definition) is 1. The summed E-state index contributed by atoms with van der Waals surface area (Å²) < 4.78 is 6.07. The molecule has 0 spiro atoms. The molecule has 2 aromatic rings. The van der Waals surface area contributed by atoms with Gasteiger partial charge in [-0.2, -0.15) is 0 Å². The Morgan fingerprint density at radius 1 is 1.00 bits per heavy atom. The van der Waals surface area contributed by atoms with Gasteiger partial charge < -0.3 is 10.1 Å². The first-order valence-corrected chi connectivity index (χ1v) is 7.07. The number of nitrogens with one attached hydrogen (secondary N) is 1. The average Bonchev–Trinajstić information content (AvgIpc) is 2.46. The lowest BCUT2D eigenvalue weighted by Crippen LogP contribution is -2.13. The molecule has 0 saturated carbocycles. The normalized spacial score (nSPS) is 12.2. The van der Waals surface area contributed by atoms with Crippen molar-refractivity contribution in [2.24, 2.45) is 0 Å². The van der Waals surface area contributed by atoms with Gasteiger partial charge in [-0.25, -0.2) is 0 Å². The zero-order valence-corrected chi connectivity index (χ0v) is 12.7. The number of ether oxygens (including phenoxy) is 1. The Morgan fingerprint density at radius 3 is 2.30 bits per heavy atom. The Kier molecular flexibility index (Phi) is 4.80. The fraction of sp³-hybridized carbons (Fsp3) is 0.333. The van der Waals surface area contributed by atoms with Crippen molar-refractivity contribution < 1.29 is 4.74 Å². The molecule has 1 unspecified atom stereocenters. The molecule has 0 aliphatic carbocycles. The van der Waals surface area contributed by atoms with Crippen LogP contribution in [0.5, 0.6) is 5.75 Å². The van der Waals surface area contributed by atoms with Crippen LogP contribution in [0.4, 0.5) is 0 Å². The van der Waals surface area contributed by atoms with Crippen molar-refractivity contribution >= 4 is 0 Å². The van der Waals surface area contributed by atoms with Gasteiger partial charge in [0.25, 0.3) is 0 Å². The lowest BCUT2D eigenvalue weighted by molar-refractivity contribution is 0.299. The predicted molar refractivity (Wildman–Crippen MR) is 84.2 cm³/mol. The maximum atomic E-state index is 6.07. The van der Waals surface area contributed by atoms with Gasteiger partial charge in [0.15, 0.2) is 0 Å². The fourth-order valence-electron chi connectivity index (χ4n) is 2.35. The minimum Gasteiger partial charge on any atom is -0.489 e. The first-order chi connectivity index (χ1) is 9.63. The zero-order chi connectivity index (χ0) is 14.5. The molecule has 0 bridgehead atoms. The predicted octanol–water partition coefficient (Wildman–Crippen LogP) is 4.16. The van der Waals surface area contributed by atoms with E-state index in [1.165, 1.54) is 22.3 Å².